The van der Waals surface area contributed by atoms with Gasteiger partial charge in [0.15, 0.2) is 0 Å². The molecule has 1 unspecified atom stereocenters. The van der Waals surface area contributed by atoms with Crippen molar-refractivity contribution in [3.05, 3.63) is 49.7 Å². The van der Waals surface area contributed by atoms with Crippen LogP contribution in [0.5, 0.6) is 0 Å². The molecule has 0 saturated heterocycles. The Balaban J connectivity index is 2.33. The summed E-state index contributed by atoms with van der Waals surface area (Å²) in [5.41, 5.74) is 5.54. The van der Waals surface area contributed by atoms with Gasteiger partial charge < -0.3 is 0 Å². The molecule has 0 bridgehead atoms. The minimum absolute atomic E-state index is 0.0997. The summed E-state index contributed by atoms with van der Waals surface area (Å²) in [7, 11) is 1.87. The molecule has 1 heterocycles. The number of aryl methyl sites for hydroxylation is 2. The molecule has 0 aliphatic heterocycles. The topological polar surface area (TPSA) is 55.9 Å². The third-order valence-electron chi connectivity index (χ3n) is 3.15. The maximum absolute atomic E-state index is 6.28. The Bertz CT molecular complexity index is 607. The number of benzene rings is 1. The molecular weight excluding hydrogens is 363 g/mol. The Morgan fingerprint density at radius 1 is 1.40 bits per heavy atom. The predicted octanol–water partition coefficient (Wildman–Crippen LogP) is 3.54. The van der Waals surface area contributed by atoms with Crippen molar-refractivity contribution in [1.82, 2.24) is 15.2 Å². The second-order valence-electron chi connectivity index (χ2n) is 4.60. The van der Waals surface area contributed by atoms with Gasteiger partial charge in [-0.15, -0.1) is 0 Å². The van der Waals surface area contributed by atoms with Crippen LogP contribution in [0.1, 0.15) is 23.0 Å². The standard InChI is InChI=1S/C13H15BrCl2N4/c1-7-13(16)12(20(2)19-7)6-11(18-17)8-3-9(14)5-10(15)4-8/h3-5,11,18H,6,17H2,1-2H3. The van der Waals surface area contributed by atoms with Gasteiger partial charge in [0.25, 0.3) is 0 Å². The van der Waals surface area contributed by atoms with Crippen molar-refractivity contribution in [2.24, 2.45) is 12.9 Å². The molecule has 1 aromatic heterocycles. The molecule has 2 rings (SSSR count). The number of nitrogens with two attached hydrogens (primary N) is 1. The van der Waals surface area contributed by atoms with Crippen LogP contribution in [0.3, 0.4) is 0 Å². The Hall–Kier alpha value is -0.590. The lowest BCUT2D eigenvalue weighted by atomic mass is 10.0. The Morgan fingerprint density at radius 3 is 2.60 bits per heavy atom. The third-order valence-corrected chi connectivity index (χ3v) is 4.32. The van der Waals surface area contributed by atoms with Crippen LogP contribution in [0, 0.1) is 6.92 Å². The summed E-state index contributed by atoms with van der Waals surface area (Å²) in [4.78, 5) is 0. The molecule has 108 valence electrons. The summed E-state index contributed by atoms with van der Waals surface area (Å²) in [5.74, 6) is 5.68. The van der Waals surface area contributed by atoms with Crippen molar-refractivity contribution >= 4 is 39.1 Å². The highest BCUT2D eigenvalue weighted by molar-refractivity contribution is 9.10. The first-order valence-electron chi connectivity index (χ1n) is 6.02. The third kappa shape index (κ3) is 3.35. The number of nitrogens with one attached hydrogen (secondary N) is 1. The van der Waals surface area contributed by atoms with Gasteiger partial charge in [-0.1, -0.05) is 39.1 Å². The lowest BCUT2D eigenvalue weighted by molar-refractivity contribution is 0.530. The second kappa shape index (κ2) is 6.45. The van der Waals surface area contributed by atoms with Crippen molar-refractivity contribution in [2.75, 3.05) is 0 Å². The summed E-state index contributed by atoms with van der Waals surface area (Å²) >= 11 is 15.8. The van der Waals surface area contributed by atoms with E-state index in [4.69, 9.17) is 29.0 Å². The van der Waals surface area contributed by atoms with Gasteiger partial charge in [0.2, 0.25) is 0 Å². The summed E-state index contributed by atoms with van der Waals surface area (Å²) in [6.45, 7) is 1.88. The van der Waals surface area contributed by atoms with Crippen LogP contribution in [-0.4, -0.2) is 9.78 Å². The van der Waals surface area contributed by atoms with Gasteiger partial charge in [-0.2, -0.15) is 5.10 Å². The van der Waals surface area contributed by atoms with E-state index in [-0.39, 0.29) is 6.04 Å². The van der Waals surface area contributed by atoms with Gasteiger partial charge in [-0.05, 0) is 30.7 Å². The smallest absolute Gasteiger partial charge is 0.0847 e. The molecular formula is C13H15BrCl2N4. The van der Waals surface area contributed by atoms with Crippen LogP contribution in [0.2, 0.25) is 10.0 Å². The maximum Gasteiger partial charge on any atom is 0.0847 e. The highest BCUT2D eigenvalue weighted by Crippen LogP contribution is 2.28. The number of rotatable bonds is 4. The summed E-state index contributed by atoms with van der Waals surface area (Å²) < 4.78 is 2.69. The molecule has 20 heavy (non-hydrogen) atoms. The molecule has 1 aromatic carbocycles. The fraction of sp³-hybridized carbons (Fsp3) is 0.308. The van der Waals surface area contributed by atoms with E-state index in [1.54, 1.807) is 4.68 Å². The minimum Gasteiger partial charge on any atom is -0.271 e. The Kier molecular flexibility index (Phi) is 5.09. The summed E-state index contributed by atoms with van der Waals surface area (Å²) in [6.07, 6.45) is 0.624. The lowest BCUT2D eigenvalue weighted by Crippen LogP contribution is -2.30. The first-order chi connectivity index (χ1) is 9.42. The number of hydrogen-bond acceptors (Lipinski definition) is 3. The summed E-state index contributed by atoms with van der Waals surface area (Å²) in [5, 5.41) is 5.64. The minimum atomic E-state index is -0.0997. The van der Waals surface area contributed by atoms with E-state index in [0.717, 1.165) is 21.4 Å². The van der Waals surface area contributed by atoms with Gasteiger partial charge in [-0.25, -0.2) is 0 Å². The lowest BCUT2D eigenvalue weighted by Gasteiger charge is -2.17. The zero-order chi connectivity index (χ0) is 14.9. The highest BCUT2D eigenvalue weighted by atomic mass is 79.9. The van der Waals surface area contributed by atoms with Gasteiger partial charge in [0.1, 0.15) is 0 Å². The molecule has 4 nitrogen and oxygen atoms in total. The zero-order valence-corrected chi connectivity index (χ0v) is 14.2. The molecule has 3 N–H and O–H groups in total. The summed E-state index contributed by atoms with van der Waals surface area (Å²) in [6, 6.07) is 5.60. The van der Waals surface area contributed by atoms with E-state index in [1.165, 1.54) is 0 Å². The van der Waals surface area contributed by atoms with Crippen molar-refractivity contribution in [3.8, 4) is 0 Å². The number of hydrazine groups is 1. The van der Waals surface area contributed by atoms with E-state index in [2.05, 4.69) is 26.5 Å². The molecule has 2 aromatic rings. The monoisotopic (exact) mass is 376 g/mol. The van der Waals surface area contributed by atoms with Crippen molar-refractivity contribution < 1.29 is 0 Å². The fourth-order valence-corrected chi connectivity index (χ4v) is 3.27. The van der Waals surface area contributed by atoms with E-state index in [1.807, 2.05) is 32.2 Å². The predicted molar refractivity (Wildman–Crippen MR) is 85.9 cm³/mol. The molecule has 0 radical (unpaired) electrons. The average molecular weight is 378 g/mol. The largest absolute Gasteiger partial charge is 0.271 e. The second-order valence-corrected chi connectivity index (χ2v) is 6.33. The van der Waals surface area contributed by atoms with Crippen LogP contribution in [0.25, 0.3) is 0 Å². The molecule has 0 aliphatic rings. The molecule has 0 amide bonds. The van der Waals surface area contributed by atoms with E-state index in [0.29, 0.717) is 16.5 Å². The van der Waals surface area contributed by atoms with E-state index < -0.39 is 0 Å². The Morgan fingerprint density at radius 2 is 2.10 bits per heavy atom. The van der Waals surface area contributed by atoms with Crippen LogP contribution in [-0.2, 0) is 13.5 Å². The average Bonchev–Trinajstić information content (AvgIpc) is 2.60. The SMILES string of the molecule is Cc1nn(C)c(CC(NN)c2cc(Cl)cc(Br)c2)c1Cl. The number of aromatic nitrogens is 2. The van der Waals surface area contributed by atoms with Crippen molar-refractivity contribution in [2.45, 2.75) is 19.4 Å². The van der Waals surface area contributed by atoms with Crippen molar-refractivity contribution in [3.63, 3.8) is 0 Å². The van der Waals surface area contributed by atoms with Gasteiger partial charge >= 0.3 is 0 Å². The van der Waals surface area contributed by atoms with Gasteiger partial charge in [0.05, 0.1) is 22.5 Å². The van der Waals surface area contributed by atoms with Gasteiger partial charge in [0, 0.05) is 23.0 Å². The first kappa shape index (κ1) is 15.8. The molecule has 1 atom stereocenters. The van der Waals surface area contributed by atoms with E-state index in [9.17, 15) is 0 Å². The van der Waals surface area contributed by atoms with Crippen LogP contribution in [0.15, 0.2) is 22.7 Å². The van der Waals surface area contributed by atoms with Gasteiger partial charge in [-0.3, -0.25) is 16.0 Å². The number of nitrogens with zero attached hydrogens (tertiary/aromatic N) is 2. The fourth-order valence-electron chi connectivity index (χ4n) is 2.14. The van der Waals surface area contributed by atoms with Crippen molar-refractivity contribution in [1.29, 1.82) is 0 Å². The zero-order valence-electron chi connectivity index (χ0n) is 11.1. The number of hydrogen-bond donors (Lipinski definition) is 2. The molecule has 0 aliphatic carbocycles. The molecule has 0 saturated carbocycles. The van der Waals surface area contributed by atoms with Crippen LogP contribution >= 0.6 is 39.1 Å². The molecule has 0 fully saturated rings. The molecule has 7 heteroatoms. The van der Waals surface area contributed by atoms with Crippen LogP contribution in [0.4, 0.5) is 0 Å². The quantitative estimate of drug-likeness (QED) is 0.632. The highest BCUT2D eigenvalue weighted by Gasteiger charge is 2.18. The van der Waals surface area contributed by atoms with E-state index >= 15 is 0 Å². The Labute approximate surface area is 136 Å². The molecule has 0 spiro atoms. The maximum atomic E-state index is 6.28. The first-order valence-corrected chi connectivity index (χ1v) is 7.57. The number of halogens is 3. The normalized spacial score (nSPS) is 12.7. The van der Waals surface area contributed by atoms with Crippen LogP contribution < -0.4 is 11.3 Å².